The van der Waals surface area contributed by atoms with E-state index in [1.807, 2.05) is 18.2 Å². The summed E-state index contributed by atoms with van der Waals surface area (Å²) in [6, 6.07) is 12.4. The molecule has 0 spiro atoms. The molecule has 1 N–H and O–H groups in total. The molecule has 0 amide bonds. The zero-order chi connectivity index (χ0) is 20.5. The van der Waals surface area contributed by atoms with Crippen LogP contribution >= 0.6 is 15.9 Å². The summed E-state index contributed by atoms with van der Waals surface area (Å²) in [5.74, 6) is 2.15. The number of aliphatic hydroxyl groups is 1. The second kappa shape index (κ2) is 8.35. The highest BCUT2D eigenvalue weighted by molar-refractivity contribution is 9.10. The van der Waals surface area contributed by atoms with Crippen molar-refractivity contribution in [1.82, 2.24) is 15.0 Å². The Balaban J connectivity index is 1.26. The van der Waals surface area contributed by atoms with Gasteiger partial charge in [0.05, 0.1) is 41.9 Å². The molecule has 30 heavy (non-hydrogen) atoms. The molecule has 1 atom stereocenters. The summed E-state index contributed by atoms with van der Waals surface area (Å²) >= 11 is 3.51. The molecule has 1 unspecified atom stereocenters. The van der Waals surface area contributed by atoms with Crippen molar-refractivity contribution in [2.45, 2.75) is 31.4 Å². The number of rotatable bonds is 5. The second-order valence-corrected chi connectivity index (χ2v) is 8.71. The number of aliphatic hydroxyl groups excluding tert-OH is 1. The molecule has 5 rings (SSSR count). The summed E-state index contributed by atoms with van der Waals surface area (Å²) in [6.07, 6.45) is 4.96. The van der Waals surface area contributed by atoms with Crippen molar-refractivity contribution >= 4 is 38.6 Å². The van der Waals surface area contributed by atoms with E-state index < -0.39 is 0 Å². The molecule has 7 nitrogen and oxygen atoms in total. The highest BCUT2D eigenvalue weighted by atomic mass is 79.9. The fourth-order valence-electron chi connectivity index (χ4n) is 4.11. The first-order valence-corrected chi connectivity index (χ1v) is 11.2. The molecule has 0 radical (unpaired) electrons. The smallest absolute Gasteiger partial charge is 0.233 e. The lowest BCUT2D eigenvalue weighted by atomic mass is 10.0. The van der Waals surface area contributed by atoms with E-state index in [0.29, 0.717) is 11.8 Å². The first kappa shape index (κ1) is 19.5. The van der Waals surface area contributed by atoms with Gasteiger partial charge in [-0.15, -0.1) is 0 Å². The van der Waals surface area contributed by atoms with E-state index in [2.05, 4.69) is 53.9 Å². The summed E-state index contributed by atoms with van der Waals surface area (Å²) in [5.41, 5.74) is 1.00. The SMILES string of the molecule is OCC1CCCCN1c1ncc(Br)c(OC2CN(c3ccc4ccccc4n3)C2)n1. The molecule has 2 aliphatic rings. The van der Waals surface area contributed by atoms with Crippen molar-refractivity contribution in [3.63, 3.8) is 0 Å². The second-order valence-electron chi connectivity index (χ2n) is 7.86. The van der Waals surface area contributed by atoms with Crippen molar-refractivity contribution in [3.05, 3.63) is 47.1 Å². The molecule has 0 saturated carbocycles. The molecule has 0 bridgehead atoms. The van der Waals surface area contributed by atoms with Gasteiger partial charge < -0.3 is 19.6 Å². The van der Waals surface area contributed by atoms with E-state index in [1.54, 1.807) is 6.20 Å². The molecule has 0 aliphatic carbocycles. The quantitative estimate of drug-likeness (QED) is 0.613. The molecule has 3 aromatic rings. The van der Waals surface area contributed by atoms with E-state index in [4.69, 9.17) is 9.72 Å². The van der Waals surface area contributed by atoms with Crippen LogP contribution in [0.4, 0.5) is 11.8 Å². The standard InChI is InChI=1S/C22H24BrN5O2/c23-18-11-24-22(28-10-4-3-6-16(28)14-29)26-21(18)30-17-12-27(13-17)20-9-8-15-5-1-2-7-19(15)25-20/h1-2,5,7-9,11,16-17,29H,3-4,6,10,12-14H2. The summed E-state index contributed by atoms with van der Waals surface area (Å²) in [6.45, 7) is 2.50. The van der Waals surface area contributed by atoms with E-state index in [-0.39, 0.29) is 18.8 Å². The molecule has 4 heterocycles. The predicted molar refractivity (Wildman–Crippen MR) is 120 cm³/mol. The van der Waals surface area contributed by atoms with Crippen molar-refractivity contribution in [3.8, 4) is 5.88 Å². The number of para-hydroxylation sites is 1. The van der Waals surface area contributed by atoms with Crippen LogP contribution in [0.3, 0.4) is 0 Å². The van der Waals surface area contributed by atoms with Crippen LogP contribution in [0.1, 0.15) is 19.3 Å². The Hall–Kier alpha value is -2.45. The van der Waals surface area contributed by atoms with Gasteiger partial charge in [0.25, 0.3) is 0 Å². The summed E-state index contributed by atoms with van der Waals surface area (Å²) in [4.78, 5) is 18.2. The maximum atomic E-state index is 9.69. The van der Waals surface area contributed by atoms with Crippen LogP contribution in [0.2, 0.25) is 0 Å². The predicted octanol–water partition coefficient (Wildman–Crippen LogP) is 3.41. The molecule has 1 aromatic carbocycles. The normalized spacial score (nSPS) is 19.7. The summed E-state index contributed by atoms with van der Waals surface area (Å²) < 4.78 is 6.91. The average Bonchev–Trinajstić information content (AvgIpc) is 2.76. The minimum absolute atomic E-state index is 0.0484. The molecular weight excluding hydrogens is 446 g/mol. The van der Waals surface area contributed by atoms with Gasteiger partial charge in [-0.25, -0.2) is 9.97 Å². The molecule has 156 valence electrons. The van der Waals surface area contributed by atoms with Gasteiger partial charge in [0.15, 0.2) is 0 Å². The minimum Gasteiger partial charge on any atom is -0.470 e. The Morgan fingerprint density at radius 3 is 2.83 bits per heavy atom. The van der Waals surface area contributed by atoms with Crippen molar-refractivity contribution in [2.75, 3.05) is 36.0 Å². The van der Waals surface area contributed by atoms with Gasteiger partial charge in [-0.1, -0.05) is 18.2 Å². The minimum atomic E-state index is 0.0484. The van der Waals surface area contributed by atoms with Gasteiger partial charge in [0.2, 0.25) is 11.8 Å². The van der Waals surface area contributed by atoms with Gasteiger partial charge in [-0.05, 0) is 53.4 Å². The number of anilines is 2. The van der Waals surface area contributed by atoms with Gasteiger partial charge in [0, 0.05) is 11.9 Å². The zero-order valence-corrected chi connectivity index (χ0v) is 18.2. The van der Waals surface area contributed by atoms with E-state index >= 15 is 0 Å². The van der Waals surface area contributed by atoms with Crippen LogP contribution < -0.4 is 14.5 Å². The number of fused-ring (bicyclic) bond motifs is 1. The van der Waals surface area contributed by atoms with Crippen molar-refractivity contribution in [1.29, 1.82) is 0 Å². The topological polar surface area (TPSA) is 74.6 Å². The molecule has 2 saturated heterocycles. The average molecular weight is 470 g/mol. The van der Waals surface area contributed by atoms with Crippen molar-refractivity contribution < 1.29 is 9.84 Å². The number of pyridine rings is 1. The van der Waals surface area contributed by atoms with Crippen molar-refractivity contribution in [2.24, 2.45) is 0 Å². The first-order chi connectivity index (χ1) is 14.7. The number of benzene rings is 1. The molecule has 2 aromatic heterocycles. The summed E-state index contributed by atoms with van der Waals surface area (Å²) in [7, 11) is 0. The third-order valence-electron chi connectivity index (χ3n) is 5.83. The molecular formula is C22H24BrN5O2. The Morgan fingerprint density at radius 2 is 1.97 bits per heavy atom. The number of piperidine rings is 1. The van der Waals surface area contributed by atoms with Crippen LogP contribution in [-0.4, -0.2) is 58.4 Å². The van der Waals surface area contributed by atoms with Gasteiger partial charge >= 0.3 is 0 Å². The number of hydrogen-bond donors (Lipinski definition) is 1. The van der Waals surface area contributed by atoms with Crippen LogP contribution in [0.25, 0.3) is 10.9 Å². The fraction of sp³-hybridized carbons (Fsp3) is 0.409. The van der Waals surface area contributed by atoms with E-state index in [0.717, 1.165) is 60.1 Å². The van der Waals surface area contributed by atoms with Crippen LogP contribution in [-0.2, 0) is 0 Å². The lowest BCUT2D eigenvalue weighted by Gasteiger charge is -2.40. The highest BCUT2D eigenvalue weighted by Gasteiger charge is 2.31. The molecule has 8 heteroatoms. The van der Waals surface area contributed by atoms with Crippen LogP contribution in [0.5, 0.6) is 5.88 Å². The van der Waals surface area contributed by atoms with Gasteiger partial charge in [0.1, 0.15) is 11.9 Å². The molecule has 2 fully saturated rings. The maximum Gasteiger partial charge on any atom is 0.233 e. The largest absolute Gasteiger partial charge is 0.470 e. The Kier molecular flexibility index (Phi) is 5.43. The monoisotopic (exact) mass is 469 g/mol. The van der Waals surface area contributed by atoms with Crippen LogP contribution in [0, 0.1) is 0 Å². The zero-order valence-electron chi connectivity index (χ0n) is 16.6. The third-order valence-corrected chi connectivity index (χ3v) is 6.37. The highest BCUT2D eigenvalue weighted by Crippen LogP contribution is 2.30. The van der Waals surface area contributed by atoms with E-state index in [9.17, 15) is 5.11 Å². The van der Waals surface area contributed by atoms with E-state index in [1.165, 1.54) is 0 Å². The van der Waals surface area contributed by atoms with Crippen LogP contribution in [0.15, 0.2) is 47.1 Å². The fourth-order valence-corrected chi connectivity index (χ4v) is 4.39. The van der Waals surface area contributed by atoms with Gasteiger partial charge in [-0.2, -0.15) is 4.98 Å². The Bertz CT molecular complexity index is 1040. The van der Waals surface area contributed by atoms with Gasteiger partial charge in [-0.3, -0.25) is 0 Å². The Morgan fingerprint density at radius 1 is 1.10 bits per heavy atom. The number of ether oxygens (including phenoxy) is 1. The number of hydrogen-bond acceptors (Lipinski definition) is 7. The number of halogens is 1. The maximum absolute atomic E-state index is 9.69. The third kappa shape index (κ3) is 3.81. The number of aromatic nitrogens is 3. The number of nitrogens with zero attached hydrogens (tertiary/aromatic N) is 5. The molecule has 2 aliphatic heterocycles. The Labute approximate surface area is 183 Å². The first-order valence-electron chi connectivity index (χ1n) is 10.4. The lowest BCUT2D eigenvalue weighted by Crippen LogP contribution is -2.54. The lowest BCUT2D eigenvalue weighted by molar-refractivity contribution is 0.158. The summed E-state index contributed by atoms with van der Waals surface area (Å²) in [5, 5.41) is 10.8.